The lowest BCUT2D eigenvalue weighted by molar-refractivity contribution is 0.211. The molecule has 0 aliphatic carbocycles. The molecule has 0 saturated heterocycles. The number of hydrogen-bond donors (Lipinski definition) is 2. The van der Waals surface area contributed by atoms with Crippen molar-refractivity contribution < 1.29 is 9.84 Å². The van der Waals surface area contributed by atoms with Crippen LogP contribution in [0.15, 0.2) is 24.3 Å². The van der Waals surface area contributed by atoms with Gasteiger partial charge in [0.1, 0.15) is 5.75 Å². The number of alkyl halides is 1. The largest absolute Gasteiger partial charge is 0.494 e. The third-order valence-electron chi connectivity index (χ3n) is 1.89. The number of benzene rings is 1. The molecule has 15 heavy (non-hydrogen) atoms. The van der Waals surface area contributed by atoms with E-state index in [9.17, 15) is 5.11 Å². The number of nitrogens with one attached hydrogen (secondary N) is 1. The van der Waals surface area contributed by atoms with Crippen LogP contribution in [0.3, 0.4) is 0 Å². The molecule has 2 N–H and O–H groups in total. The molecule has 0 spiro atoms. The third-order valence-corrected chi connectivity index (χ3v) is 2.24. The highest BCUT2D eigenvalue weighted by atomic mass is 35.5. The molecule has 1 aromatic carbocycles. The predicted molar refractivity (Wildman–Crippen MR) is 62.8 cm³/mol. The molecule has 0 fully saturated rings. The second-order valence-corrected chi connectivity index (χ2v) is 3.46. The second-order valence-electron chi connectivity index (χ2n) is 3.15. The number of anilines is 1. The van der Waals surface area contributed by atoms with E-state index in [-0.39, 0.29) is 5.88 Å². The average Bonchev–Trinajstić information content (AvgIpc) is 2.28. The number of ether oxygens (including phenoxy) is 1. The van der Waals surface area contributed by atoms with Gasteiger partial charge in [-0.25, -0.2) is 0 Å². The minimum absolute atomic E-state index is 0.240. The summed E-state index contributed by atoms with van der Waals surface area (Å²) in [5.41, 5.74) is 0.947. The minimum atomic E-state index is -0.516. The lowest BCUT2D eigenvalue weighted by Crippen LogP contribution is -2.20. The lowest BCUT2D eigenvalue weighted by Gasteiger charge is -2.10. The van der Waals surface area contributed by atoms with Crippen molar-refractivity contribution in [3.63, 3.8) is 0 Å². The average molecular weight is 230 g/mol. The molecule has 0 saturated carbocycles. The molecule has 84 valence electrons. The molecule has 0 aromatic heterocycles. The summed E-state index contributed by atoms with van der Waals surface area (Å²) in [6.07, 6.45) is -0.516. The van der Waals surface area contributed by atoms with E-state index in [2.05, 4.69) is 5.32 Å². The van der Waals surface area contributed by atoms with Crippen molar-refractivity contribution in [2.24, 2.45) is 0 Å². The molecule has 0 aliphatic heterocycles. The highest BCUT2D eigenvalue weighted by molar-refractivity contribution is 6.18. The van der Waals surface area contributed by atoms with Crippen LogP contribution in [-0.2, 0) is 0 Å². The zero-order valence-corrected chi connectivity index (χ0v) is 9.50. The van der Waals surface area contributed by atoms with E-state index in [1.54, 1.807) is 0 Å². The van der Waals surface area contributed by atoms with Gasteiger partial charge < -0.3 is 15.2 Å². The summed E-state index contributed by atoms with van der Waals surface area (Å²) >= 11 is 5.47. The van der Waals surface area contributed by atoms with Crippen molar-refractivity contribution >= 4 is 17.3 Å². The van der Waals surface area contributed by atoms with Crippen LogP contribution in [0.25, 0.3) is 0 Å². The Bertz CT molecular complexity index is 276. The van der Waals surface area contributed by atoms with Gasteiger partial charge in [0.2, 0.25) is 0 Å². The van der Waals surface area contributed by atoms with Gasteiger partial charge in [0.05, 0.1) is 18.6 Å². The Balaban J connectivity index is 2.42. The Morgan fingerprint density at radius 3 is 2.60 bits per heavy atom. The summed E-state index contributed by atoms with van der Waals surface area (Å²) in [4.78, 5) is 0. The van der Waals surface area contributed by atoms with Crippen molar-refractivity contribution in [3.05, 3.63) is 24.3 Å². The molecule has 0 heterocycles. The van der Waals surface area contributed by atoms with Gasteiger partial charge in [-0.1, -0.05) is 0 Å². The molecule has 1 rings (SSSR count). The zero-order valence-electron chi connectivity index (χ0n) is 8.74. The second kappa shape index (κ2) is 6.53. The SMILES string of the molecule is CCOc1ccc(NC[C@@H](O)CCl)cc1. The van der Waals surface area contributed by atoms with E-state index in [4.69, 9.17) is 16.3 Å². The number of halogens is 1. The van der Waals surface area contributed by atoms with Crippen LogP contribution >= 0.6 is 11.6 Å². The monoisotopic (exact) mass is 229 g/mol. The fraction of sp³-hybridized carbons (Fsp3) is 0.455. The van der Waals surface area contributed by atoms with E-state index in [0.717, 1.165) is 11.4 Å². The standard InChI is InChI=1S/C11H16ClNO2/c1-2-15-11-5-3-9(4-6-11)13-8-10(14)7-12/h3-6,10,13-14H,2,7-8H2,1H3/t10-/m0/s1. The van der Waals surface area contributed by atoms with Crippen LogP contribution in [0.2, 0.25) is 0 Å². The van der Waals surface area contributed by atoms with Crippen LogP contribution in [-0.4, -0.2) is 30.2 Å². The Kier molecular flexibility index (Phi) is 5.29. The van der Waals surface area contributed by atoms with Gasteiger partial charge >= 0.3 is 0 Å². The summed E-state index contributed by atoms with van der Waals surface area (Å²) < 4.78 is 5.31. The van der Waals surface area contributed by atoms with Gasteiger partial charge in [0, 0.05) is 12.2 Å². The maximum Gasteiger partial charge on any atom is 0.119 e. The number of aliphatic hydroxyl groups excluding tert-OH is 1. The molecule has 0 amide bonds. The number of hydrogen-bond acceptors (Lipinski definition) is 3. The molecular weight excluding hydrogens is 214 g/mol. The molecular formula is C11H16ClNO2. The minimum Gasteiger partial charge on any atom is -0.494 e. The highest BCUT2D eigenvalue weighted by Crippen LogP contribution is 2.15. The van der Waals surface area contributed by atoms with E-state index in [0.29, 0.717) is 13.2 Å². The van der Waals surface area contributed by atoms with Crippen molar-refractivity contribution in [2.45, 2.75) is 13.0 Å². The van der Waals surface area contributed by atoms with E-state index < -0.39 is 6.10 Å². The van der Waals surface area contributed by atoms with Gasteiger partial charge in [-0.15, -0.1) is 11.6 Å². The third kappa shape index (κ3) is 4.40. The Labute approximate surface area is 95.0 Å². The van der Waals surface area contributed by atoms with E-state index >= 15 is 0 Å². The van der Waals surface area contributed by atoms with E-state index in [1.807, 2.05) is 31.2 Å². The summed E-state index contributed by atoms with van der Waals surface area (Å²) in [6.45, 7) is 3.07. The Morgan fingerprint density at radius 1 is 1.40 bits per heavy atom. The molecule has 0 radical (unpaired) electrons. The summed E-state index contributed by atoms with van der Waals surface area (Å²) in [7, 11) is 0. The molecule has 0 aliphatic rings. The van der Waals surface area contributed by atoms with Crippen molar-refractivity contribution in [1.82, 2.24) is 0 Å². The topological polar surface area (TPSA) is 41.5 Å². The molecule has 1 aromatic rings. The molecule has 1 atom stereocenters. The van der Waals surface area contributed by atoms with Gasteiger partial charge in [-0.2, -0.15) is 0 Å². The molecule has 3 nitrogen and oxygen atoms in total. The van der Waals surface area contributed by atoms with Gasteiger partial charge in [-0.3, -0.25) is 0 Å². The van der Waals surface area contributed by atoms with Gasteiger partial charge in [0.15, 0.2) is 0 Å². The van der Waals surface area contributed by atoms with Gasteiger partial charge in [-0.05, 0) is 31.2 Å². The smallest absolute Gasteiger partial charge is 0.119 e. The first-order chi connectivity index (χ1) is 7.26. The van der Waals surface area contributed by atoms with Crippen LogP contribution < -0.4 is 10.1 Å². The lowest BCUT2D eigenvalue weighted by atomic mass is 10.3. The van der Waals surface area contributed by atoms with Crippen LogP contribution in [0.1, 0.15) is 6.92 Å². The molecule has 0 bridgehead atoms. The fourth-order valence-electron chi connectivity index (χ4n) is 1.13. The summed E-state index contributed by atoms with van der Waals surface area (Å²) in [6, 6.07) is 7.59. The van der Waals surface area contributed by atoms with Crippen molar-refractivity contribution in [3.8, 4) is 5.75 Å². The van der Waals surface area contributed by atoms with Gasteiger partial charge in [0.25, 0.3) is 0 Å². The van der Waals surface area contributed by atoms with Crippen molar-refractivity contribution in [1.29, 1.82) is 0 Å². The maximum atomic E-state index is 9.24. The first-order valence-electron chi connectivity index (χ1n) is 4.97. The number of aliphatic hydroxyl groups is 1. The highest BCUT2D eigenvalue weighted by Gasteiger charge is 2.01. The molecule has 4 heteroatoms. The summed E-state index contributed by atoms with van der Waals surface area (Å²) in [5.74, 6) is 1.09. The number of rotatable bonds is 6. The summed E-state index contributed by atoms with van der Waals surface area (Å²) in [5, 5.41) is 12.3. The van der Waals surface area contributed by atoms with Crippen LogP contribution in [0.4, 0.5) is 5.69 Å². The maximum absolute atomic E-state index is 9.24. The van der Waals surface area contributed by atoms with Crippen LogP contribution in [0.5, 0.6) is 5.75 Å². The quantitative estimate of drug-likeness (QED) is 0.734. The predicted octanol–water partition coefficient (Wildman–Crippen LogP) is 2.10. The first kappa shape index (κ1) is 12.1. The van der Waals surface area contributed by atoms with Crippen LogP contribution in [0, 0.1) is 0 Å². The Hall–Kier alpha value is -0.930. The normalized spacial score (nSPS) is 12.2. The molecule has 0 unspecified atom stereocenters. The van der Waals surface area contributed by atoms with Crippen molar-refractivity contribution in [2.75, 3.05) is 24.3 Å². The van der Waals surface area contributed by atoms with E-state index in [1.165, 1.54) is 0 Å². The first-order valence-corrected chi connectivity index (χ1v) is 5.50. The Morgan fingerprint density at radius 2 is 2.07 bits per heavy atom. The zero-order chi connectivity index (χ0) is 11.1. The fourth-order valence-corrected chi connectivity index (χ4v) is 1.24.